The van der Waals surface area contributed by atoms with Crippen LogP contribution < -0.4 is 16.4 Å². The van der Waals surface area contributed by atoms with Crippen LogP contribution in [-0.2, 0) is 6.42 Å². The van der Waals surface area contributed by atoms with Crippen molar-refractivity contribution in [3.05, 3.63) is 70.3 Å². The summed E-state index contributed by atoms with van der Waals surface area (Å²) in [5.74, 6) is 1.23. The Morgan fingerprint density at radius 3 is 2.60 bits per heavy atom. The number of para-hydroxylation sites is 1. The lowest BCUT2D eigenvalue weighted by molar-refractivity contribution is -0.482. The van der Waals surface area contributed by atoms with Crippen molar-refractivity contribution < 1.29 is 5.32 Å². The molecule has 2 aromatic carbocycles. The molecule has 0 atom stereocenters. The monoisotopic (exact) mass is 374 g/mol. The number of nitrogen functional groups attached to an aromatic ring is 1. The van der Waals surface area contributed by atoms with Crippen LogP contribution in [0.2, 0.25) is 10.0 Å². The van der Waals surface area contributed by atoms with Crippen molar-refractivity contribution in [3.63, 3.8) is 0 Å². The third-order valence-corrected chi connectivity index (χ3v) is 4.37. The molecule has 5 nitrogen and oxygen atoms in total. The fraction of sp³-hybridized carbons (Fsp3) is 0.111. The van der Waals surface area contributed by atoms with Gasteiger partial charge in [-0.05, 0) is 36.2 Å². The summed E-state index contributed by atoms with van der Waals surface area (Å²) in [5, 5.41) is 6.25. The number of halogens is 2. The van der Waals surface area contributed by atoms with Gasteiger partial charge in [0, 0.05) is 6.54 Å². The van der Waals surface area contributed by atoms with Gasteiger partial charge in [0.15, 0.2) is 0 Å². The molecule has 128 valence electrons. The van der Waals surface area contributed by atoms with E-state index in [-0.39, 0.29) is 0 Å². The summed E-state index contributed by atoms with van der Waals surface area (Å²) in [7, 11) is 0. The molecule has 3 rings (SSSR count). The molecular weight excluding hydrogens is 357 g/mol. The summed E-state index contributed by atoms with van der Waals surface area (Å²) in [4.78, 5) is 8.71. The van der Waals surface area contributed by atoms with Crippen molar-refractivity contribution in [2.75, 3.05) is 17.6 Å². The lowest BCUT2D eigenvalue weighted by atomic mass is 10.1. The number of hydrogen-bond acceptors (Lipinski definition) is 4. The van der Waals surface area contributed by atoms with Gasteiger partial charge in [0.2, 0.25) is 5.95 Å². The number of hydrogen-bond donors (Lipinski definition) is 3. The molecule has 0 bridgehead atoms. The Morgan fingerprint density at radius 2 is 1.84 bits per heavy atom. The van der Waals surface area contributed by atoms with Gasteiger partial charge in [-0.2, -0.15) is 4.98 Å². The average molecular weight is 375 g/mol. The SMILES string of the molecule is Nc1cnc(NCCc2ccc(Cl)c(Cl)c2)nc1[NH2+]c1ccccc1. The van der Waals surface area contributed by atoms with Gasteiger partial charge in [-0.3, -0.25) is 5.32 Å². The molecular formula is C18H18Cl2N5+. The van der Waals surface area contributed by atoms with Gasteiger partial charge in [-0.15, -0.1) is 0 Å². The summed E-state index contributed by atoms with van der Waals surface area (Å²) >= 11 is 12.0. The fourth-order valence-corrected chi connectivity index (χ4v) is 2.65. The molecule has 0 spiro atoms. The van der Waals surface area contributed by atoms with Crippen LogP contribution in [-0.4, -0.2) is 16.5 Å². The van der Waals surface area contributed by atoms with E-state index < -0.39 is 0 Å². The molecule has 0 saturated heterocycles. The zero-order valence-corrected chi connectivity index (χ0v) is 14.9. The molecule has 0 amide bonds. The highest BCUT2D eigenvalue weighted by Crippen LogP contribution is 2.22. The Hall–Kier alpha value is -2.34. The van der Waals surface area contributed by atoms with Gasteiger partial charge in [-0.1, -0.05) is 47.5 Å². The topological polar surface area (TPSA) is 80.4 Å². The van der Waals surface area contributed by atoms with E-state index in [9.17, 15) is 0 Å². The second-order valence-corrected chi connectivity index (χ2v) is 6.33. The van der Waals surface area contributed by atoms with Crippen LogP contribution >= 0.6 is 23.2 Å². The van der Waals surface area contributed by atoms with Crippen molar-refractivity contribution in [3.8, 4) is 0 Å². The highest BCUT2D eigenvalue weighted by Gasteiger charge is 2.09. The molecule has 0 radical (unpaired) electrons. The van der Waals surface area contributed by atoms with Crippen LogP contribution in [0.4, 0.5) is 23.1 Å². The molecule has 0 aliphatic carbocycles. The molecule has 5 N–H and O–H groups in total. The van der Waals surface area contributed by atoms with Gasteiger partial charge in [0.25, 0.3) is 5.82 Å². The minimum atomic E-state index is 0.538. The van der Waals surface area contributed by atoms with E-state index in [0.717, 1.165) is 17.7 Å². The third kappa shape index (κ3) is 4.82. The summed E-state index contributed by atoms with van der Waals surface area (Å²) in [6.45, 7) is 0.673. The van der Waals surface area contributed by atoms with E-state index in [4.69, 9.17) is 28.9 Å². The van der Waals surface area contributed by atoms with Crippen LogP contribution in [0.5, 0.6) is 0 Å². The Balaban J connectivity index is 1.62. The predicted molar refractivity (Wildman–Crippen MR) is 103 cm³/mol. The van der Waals surface area contributed by atoms with E-state index >= 15 is 0 Å². The summed E-state index contributed by atoms with van der Waals surface area (Å²) < 4.78 is 0. The minimum Gasteiger partial charge on any atom is -0.391 e. The second kappa shape index (κ2) is 8.16. The summed E-state index contributed by atoms with van der Waals surface area (Å²) in [5.41, 5.74) is 8.65. The number of quaternary nitrogens is 1. The van der Waals surface area contributed by atoms with Gasteiger partial charge >= 0.3 is 0 Å². The molecule has 0 aliphatic rings. The van der Waals surface area contributed by atoms with E-state index in [1.807, 2.05) is 47.8 Å². The number of nitrogens with zero attached hydrogens (tertiary/aromatic N) is 2. The fourth-order valence-electron chi connectivity index (χ4n) is 2.33. The summed E-state index contributed by atoms with van der Waals surface area (Å²) in [6.07, 6.45) is 2.39. The zero-order chi connectivity index (χ0) is 17.6. The van der Waals surface area contributed by atoms with Gasteiger partial charge in [0.1, 0.15) is 11.4 Å². The van der Waals surface area contributed by atoms with Crippen LogP contribution in [0.15, 0.2) is 54.7 Å². The molecule has 0 fully saturated rings. The molecule has 3 aromatic rings. The third-order valence-electron chi connectivity index (χ3n) is 3.63. The Bertz CT molecular complexity index is 855. The number of nitrogens with two attached hydrogens (primary N) is 2. The zero-order valence-electron chi connectivity index (χ0n) is 13.4. The van der Waals surface area contributed by atoms with Crippen LogP contribution in [0.3, 0.4) is 0 Å². The molecule has 1 heterocycles. The van der Waals surface area contributed by atoms with Gasteiger partial charge < -0.3 is 11.1 Å². The Morgan fingerprint density at radius 1 is 1.04 bits per heavy atom. The quantitative estimate of drug-likeness (QED) is 0.576. The first-order chi connectivity index (χ1) is 12.1. The second-order valence-electron chi connectivity index (χ2n) is 5.51. The number of nitrogens with one attached hydrogen (secondary N) is 1. The number of benzene rings is 2. The first-order valence-electron chi connectivity index (χ1n) is 7.82. The lowest BCUT2D eigenvalue weighted by Crippen LogP contribution is -2.71. The first kappa shape index (κ1) is 17.5. The number of anilines is 2. The van der Waals surface area contributed by atoms with Crippen molar-refractivity contribution in [2.24, 2.45) is 0 Å². The number of rotatable bonds is 6. The standard InChI is InChI=1S/C18H17Cl2N5/c19-14-7-6-12(10-15(14)20)8-9-22-18-23-11-16(21)17(25-18)24-13-4-2-1-3-5-13/h1-7,10-11H,8-9,21H2,(H2,22,23,24,25)/p+1. The maximum atomic E-state index is 6.03. The summed E-state index contributed by atoms with van der Waals surface area (Å²) in [6, 6.07) is 15.5. The maximum Gasteiger partial charge on any atom is 0.257 e. The van der Waals surface area contributed by atoms with Crippen molar-refractivity contribution in [1.82, 2.24) is 9.97 Å². The number of aromatic nitrogens is 2. The van der Waals surface area contributed by atoms with Crippen molar-refractivity contribution in [1.29, 1.82) is 0 Å². The molecule has 0 aliphatic heterocycles. The van der Waals surface area contributed by atoms with Crippen molar-refractivity contribution in [2.45, 2.75) is 6.42 Å². The Kier molecular flexibility index (Phi) is 5.71. The van der Waals surface area contributed by atoms with E-state index in [0.29, 0.717) is 34.0 Å². The smallest absolute Gasteiger partial charge is 0.257 e. The van der Waals surface area contributed by atoms with Crippen molar-refractivity contribution >= 4 is 46.3 Å². The van der Waals surface area contributed by atoms with Gasteiger partial charge in [-0.25, -0.2) is 4.98 Å². The first-order valence-corrected chi connectivity index (χ1v) is 8.57. The molecule has 0 saturated carbocycles. The minimum absolute atomic E-state index is 0.538. The van der Waals surface area contributed by atoms with E-state index in [1.54, 1.807) is 12.3 Å². The molecule has 1 aromatic heterocycles. The van der Waals surface area contributed by atoms with E-state index in [1.165, 1.54) is 0 Å². The van der Waals surface area contributed by atoms with Crippen LogP contribution in [0, 0.1) is 0 Å². The normalized spacial score (nSPS) is 10.6. The predicted octanol–water partition coefficient (Wildman–Crippen LogP) is 3.55. The Labute approximate surface area is 156 Å². The molecule has 0 unspecified atom stereocenters. The molecule has 25 heavy (non-hydrogen) atoms. The average Bonchev–Trinajstić information content (AvgIpc) is 2.62. The van der Waals surface area contributed by atoms with Crippen LogP contribution in [0.1, 0.15) is 5.56 Å². The largest absolute Gasteiger partial charge is 0.391 e. The van der Waals surface area contributed by atoms with Gasteiger partial charge in [0.05, 0.1) is 16.2 Å². The highest BCUT2D eigenvalue weighted by molar-refractivity contribution is 6.42. The molecule has 7 heteroatoms. The maximum absolute atomic E-state index is 6.03. The van der Waals surface area contributed by atoms with E-state index in [2.05, 4.69) is 15.3 Å². The van der Waals surface area contributed by atoms with Crippen LogP contribution in [0.25, 0.3) is 0 Å². The highest BCUT2D eigenvalue weighted by atomic mass is 35.5. The lowest BCUT2D eigenvalue weighted by Gasteiger charge is -2.08.